The number of ether oxygens (including phenoxy) is 3. The Hall–Kier alpha value is -1.75. The number of amides is 1. The van der Waals surface area contributed by atoms with Crippen molar-refractivity contribution in [2.24, 2.45) is 0 Å². The molecule has 0 heterocycles. The lowest BCUT2D eigenvalue weighted by Crippen LogP contribution is -2.31. The van der Waals surface area contributed by atoms with Crippen LogP contribution in [-0.2, 0) is 15.1 Å². The summed E-state index contributed by atoms with van der Waals surface area (Å²) in [7, 11) is 3.00. The van der Waals surface area contributed by atoms with Gasteiger partial charge in [0, 0.05) is 12.1 Å². The van der Waals surface area contributed by atoms with Crippen molar-refractivity contribution in [1.82, 2.24) is 5.32 Å². The standard InChI is InChI=1S/C17H27NO4/c1-12(2)13-7-8-14(15(11-13)20-5)17(3,4)22-10-9-18-16(19)21-6/h7-8,11-12H,9-10H2,1-6H3,(H,18,19). The van der Waals surface area contributed by atoms with Gasteiger partial charge in [-0.15, -0.1) is 0 Å². The summed E-state index contributed by atoms with van der Waals surface area (Å²) in [6.07, 6.45) is -0.458. The number of hydrogen-bond acceptors (Lipinski definition) is 4. The Morgan fingerprint density at radius 2 is 1.95 bits per heavy atom. The third-order valence-corrected chi connectivity index (χ3v) is 3.56. The summed E-state index contributed by atoms with van der Waals surface area (Å²) in [5.41, 5.74) is 1.69. The molecule has 1 amide bonds. The Bertz CT molecular complexity index is 497. The second-order valence-corrected chi connectivity index (χ2v) is 5.89. The van der Waals surface area contributed by atoms with Gasteiger partial charge in [-0.3, -0.25) is 0 Å². The molecule has 0 aliphatic carbocycles. The van der Waals surface area contributed by atoms with Crippen LogP contribution in [0, 0.1) is 0 Å². The average molecular weight is 309 g/mol. The van der Waals surface area contributed by atoms with Crippen LogP contribution in [0.3, 0.4) is 0 Å². The molecule has 0 unspecified atom stereocenters. The van der Waals surface area contributed by atoms with Gasteiger partial charge in [-0.05, 0) is 31.4 Å². The minimum atomic E-state index is -0.515. The normalized spacial score (nSPS) is 11.4. The average Bonchev–Trinajstić information content (AvgIpc) is 2.50. The van der Waals surface area contributed by atoms with Crippen LogP contribution >= 0.6 is 0 Å². The Labute approximate surface area is 132 Å². The Morgan fingerprint density at radius 1 is 1.27 bits per heavy atom. The quantitative estimate of drug-likeness (QED) is 0.784. The molecule has 0 spiro atoms. The second-order valence-electron chi connectivity index (χ2n) is 5.89. The number of rotatable bonds is 7. The molecule has 1 N–H and O–H groups in total. The fourth-order valence-electron chi connectivity index (χ4n) is 2.17. The van der Waals surface area contributed by atoms with Crippen LogP contribution in [0.5, 0.6) is 5.75 Å². The number of nitrogens with one attached hydrogen (secondary N) is 1. The van der Waals surface area contributed by atoms with E-state index in [4.69, 9.17) is 9.47 Å². The van der Waals surface area contributed by atoms with E-state index in [1.165, 1.54) is 12.7 Å². The molecule has 0 saturated carbocycles. The fraction of sp³-hybridized carbons (Fsp3) is 0.588. The van der Waals surface area contributed by atoms with Crippen LogP contribution < -0.4 is 10.1 Å². The molecule has 1 aromatic carbocycles. The molecule has 0 bridgehead atoms. The van der Waals surface area contributed by atoms with Crippen LogP contribution in [-0.4, -0.2) is 33.5 Å². The lowest BCUT2D eigenvalue weighted by atomic mass is 9.93. The summed E-state index contributed by atoms with van der Waals surface area (Å²) in [5, 5.41) is 2.59. The van der Waals surface area contributed by atoms with Gasteiger partial charge < -0.3 is 19.5 Å². The zero-order chi connectivity index (χ0) is 16.8. The highest BCUT2D eigenvalue weighted by molar-refractivity contribution is 5.66. The summed E-state index contributed by atoms with van der Waals surface area (Å²) in [5.74, 6) is 1.26. The molecular weight excluding hydrogens is 282 g/mol. The number of methoxy groups -OCH3 is 2. The van der Waals surface area contributed by atoms with Gasteiger partial charge in [-0.2, -0.15) is 0 Å². The van der Waals surface area contributed by atoms with Crippen molar-refractivity contribution < 1.29 is 19.0 Å². The van der Waals surface area contributed by atoms with Crippen molar-refractivity contribution in [3.8, 4) is 5.75 Å². The first kappa shape index (κ1) is 18.3. The van der Waals surface area contributed by atoms with E-state index in [0.717, 1.165) is 11.3 Å². The molecule has 0 fully saturated rings. The van der Waals surface area contributed by atoms with Crippen molar-refractivity contribution in [3.05, 3.63) is 29.3 Å². The second kappa shape index (κ2) is 8.03. The summed E-state index contributed by atoms with van der Waals surface area (Å²) in [4.78, 5) is 11.0. The number of alkyl carbamates (subject to hydrolysis) is 1. The monoisotopic (exact) mass is 309 g/mol. The zero-order valence-corrected chi connectivity index (χ0v) is 14.4. The van der Waals surface area contributed by atoms with Gasteiger partial charge in [0.25, 0.3) is 0 Å². The minimum Gasteiger partial charge on any atom is -0.496 e. The predicted molar refractivity (Wildman–Crippen MR) is 86.5 cm³/mol. The molecule has 5 heteroatoms. The van der Waals surface area contributed by atoms with Gasteiger partial charge in [0.15, 0.2) is 0 Å². The van der Waals surface area contributed by atoms with Gasteiger partial charge in [-0.1, -0.05) is 26.0 Å². The van der Waals surface area contributed by atoms with Gasteiger partial charge >= 0.3 is 6.09 Å². The minimum absolute atomic E-state index is 0.386. The molecular formula is C17H27NO4. The third kappa shape index (κ3) is 4.91. The first-order valence-electron chi connectivity index (χ1n) is 7.46. The highest BCUT2D eigenvalue weighted by Crippen LogP contribution is 2.34. The van der Waals surface area contributed by atoms with E-state index in [-0.39, 0.29) is 0 Å². The van der Waals surface area contributed by atoms with Crippen molar-refractivity contribution in [2.75, 3.05) is 27.4 Å². The molecule has 124 valence electrons. The SMILES string of the molecule is COC(=O)NCCOC(C)(C)c1ccc(C(C)C)cc1OC. The molecule has 0 aromatic heterocycles. The number of benzene rings is 1. The fourth-order valence-corrected chi connectivity index (χ4v) is 2.17. The maximum Gasteiger partial charge on any atom is 0.406 e. The van der Waals surface area contributed by atoms with E-state index in [1.54, 1.807) is 7.11 Å². The Morgan fingerprint density at radius 3 is 2.50 bits per heavy atom. The number of carbonyl (C=O) groups is 1. The predicted octanol–water partition coefficient (Wildman–Crippen LogP) is 3.43. The van der Waals surface area contributed by atoms with Crippen LogP contribution in [0.1, 0.15) is 44.7 Å². The number of hydrogen-bond donors (Lipinski definition) is 1. The van der Waals surface area contributed by atoms with Gasteiger partial charge in [0.2, 0.25) is 0 Å². The van der Waals surface area contributed by atoms with Gasteiger partial charge in [0.1, 0.15) is 5.75 Å². The topological polar surface area (TPSA) is 56.8 Å². The summed E-state index contributed by atoms with van der Waals surface area (Å²) in [6.45, 7) is 9.04. The summed E-state index contributed by atoms with van der Waals surface area (Å²) < 4.78 is 15.9. The molecule has 5 nitrogen and oxygen atoms in total. The highest BCUT2D eigenvalue weighted by atomic mass is 16.5. The van der Waals surface area contributed by atoms with Crippen molar-refractivity contribution in [2.45, 2.75) is 39.2 Å². The largest absolute Gasteiger partial charge is 0.496 e. The molecule has 0 atom stereocenters. The van der Waals surface area contributed by atoms with E-state index < -0.39 is 11.7 Å². The van der Waals surface area contributed by atoms with E-state index in [0.29, 0.717) is 19.1 Å². The van der Waals surface area contributed by atoms with E-state index in [1.807, 2.05) is 19.9 Å². The molecule has 0 aliphatic heterocycles. The maximum absolute atomic E-state index is 11.0. The Balaban J connectivity index is 2.77. The van der Waals surface area contributed by atoms with Crippen LogP contribution in [0.25, 0.3) is 0 Å². The molecule has 0 saturated heterocycles. The zero-order valence-electron chi connectivity index (χ0n) is 14.4. The van der Waals surface area contributed by atoms with Crippen LogP contribution in [0.2, 0.25) is 0 Å². The van der Waals surface area contributed by atoms with E-state index in [2.05, 4.69) is 36.0 Å². The van der Waals surface area contributed by atoms with Gasteiger partial charge in [-0.25, -0.2) is 4.79 Å². The summed E-state index contributed by atoms with van der Waals surface area (Å²) >= 11 is 0. The van der Waals surface area contributed by atoms with E-state index >= 15 is 0 Å². The van der Waals surface area contributed by atoms with Crippen LogP contribution in [0.4, 0.5) is 4.79 Å². The van der Waals surface area contributed by atoms with Crippen molar-refractivity contribution in [3.63, 3.8) is 0 Å². The number of carbonyl (C=O) groups excluding carboxylic acids is 1. The first-order chi connectivity index (χ1) is 10.3. The van der Waals surface area contributed by atoms with Crippen molar-refractivity contribution >= 4 is 6.09 Å². The summed E-state index contributed by atoms with van der Waals surface area (Å²) in [6, 6.07) is 6.19. The molecule has 1 aromatic rings. The smallest absolute Gasteiger partial charge is 0.406 e. The first-order valence-corrected chi connectivity index (χ1v) is 7.46. The maximum atomic E-state index is 11.0. The molecule has 22 heavy (non-hydrogen) atoms. The molecule has 1 rings (SSSR count). The lowest BCUT2D eigenvalue weighted by Gasteiger charge is -2.28. The highest BCUT2D eigenvalue weighted by Gasteiger charge is 2.25. The third-order valence-electron chi connectivity index (χ3n) is 3.56. The Kier molecular flexibility index (Phi) is 6.68. The lowest BCUT2D eigenvalue weighted by molar-refractivity contribution is -0.0209. The van der Waals surface area contributed by atoms with E-state index in [9.17, 15) is 4.79 Å². The van der Waals surface area contributed by atoms with Crippen LogP contribution in [0.15, 0.2) is 18.2 Å². The van der Waals surface area contributed by atoms with Gasteiger partial charge in [0.05, 0.1) is 26.4 Å². The molecule has 0 aliphatic rings. The van der Waals surface area contributed by atoms with Crippen molar-refractivity contribution in [1.29, 1.82) is 0 Å². The molecule has 0 radical (unpaired) electrons.